The fourth-order valence-electron chi connectivity index (χ4n) is 3.91. The first kappa shape index (κ1) is 18.3. The molecule has 0 atom stereocenters. The first-order chi connectivity index (χ1) is 13.7. The van der Waals surface area contributed by atoms with Gasteiger partial charge in [0.1, 0.15) is 17.3 Å². The highest BCUT2D eigenvalue weighted by Gasteiger charge is 2.25. The van der Waals surface area contributed by atoms with E-state index in [1.54, 1.807) is 16.7 Å². The Morgan fingerprint density at radius 1 is 1.07 bits per heavy atom. The number of aryl methyl sites for hydroxylation is 2. The van der Waals surface area contributed by atoms with Crippen LogP contribution in [0.4, 0.5) is 5.69 Å². The number of aromatic hydroxyl groups is 1. The summed E-state index contributed by atoms with van der Waals surface area (Å²) in [6.07, 6.45) is 2.51. The van der Waals surface area contributed by atoms with Crippen LogP contribution in [-0.4, -0.2) is 27.7 Å². The van der Waals surface area contributed by atoms with E-state index in [1.807, 2.05) is 30.3 Å². The molecular weight excluding hydrogens is 350 g/mol. The van der Waals surface area contributed by atoms with Crippen molar-refractivity contribution in [3.05, 3.63) is 76.2 Å². The molecule has 2 heterocycles. The van der Waals surface area contributed by atoms with Gasteiger partial charge in [-0.1, -0.05) is 42.5 Å². The minimum Gasteiger partial charge on any atom is -0.507 e. The first-order valence-electron chi connectivity index (χ1n) is 9.90. The molecule has 3 aromatic rings. The van der Waals surface area contributed by atoms with Crippen LogP contribution in [0.15, 0.2) is 59.4 Å². The van der Waals surface area contributed by atoms with E-state index >= 15 is 0 Å². The molecule has 0 aliphatic carbocycles. The maximum Gasteiger partial charge on any atom is 0.277 e. The van der Waals surface area contributed by atoms with Crippen molar-refractivity contribution in [2.45, 2.75) is 32.7 Å². The van der Waals surface area contributed by atoms with Gasteiger partial charge in [-0.25, -0.2) is 4.98 Å². The van der Waals surface area contributed by atoms with Crippen molar-refractivity contribution in [1.82, 2.24) is 9.55 Å². The Balaban J connectivity index is 1.85. The third-order valence-electron chi connectivity index (χ3n) is 5.37. The molecule has 1 N–H and O–H groups in total. The number of fused-ring (bicyclic) bond motifs is 1. The van der Waals surface area contributed by atoms with Crippen LogP contribution in [0.25, 0.3) is 11.4 Å². The molecule has 0 fully saturated rings. The van der Waals surface area contributed by atoms with Gasteiger partial charge >= 0.3 is 0 Å². The van der Waals surface area contributed by atoms with Crippen molar-refractivity contribution in [3.8, 4) is 17.1 Å². The predicted octanol–water partition coefficient (Wildman–Crippen LogP) is 3.63. The Kier molecular flexibility index (Phi) is 5.15. The van der Waals surface area contributed by atoms with E-state index in [0.29, 0.717) is 17.9 Å². The van der Waals surface area contributed by atoms with Crippen molar-refractivity contribution in [1.29, 1.82) is 0 Å². The topological polar surface area (TPSA) is 58.4 Å². The van der Waals surface area contributed by atoms with Crippen molar-refractivity contribution in [3.63, 3.8) is 0 Å². The minimum absolute atomic E-state index is 0.0132. The molecule has 28 heavy (non-hydrogen) atoms. The van der Waals surface area contributed by atoms with E-state index in [4.69, 9.17) is 4.98 Å². The first-order valence-corrected chi connectivity index (χ1v) is 9.90. The van der Waals surface area contributed by atoms with Crippen LogP contribution in [0.3, 0.4) is 0 Å². The highest BCUT2D eigenvalue weighted by atomic mass is 16.3. The third-order valence-corrected chi connectivity index (χ3v) is 5.37. The molecule has 5 nitrogen and oxygen atoms in total. The standard InChI is InChI=1S/C23H25N3O2/c1-2-25-15-8-12-19-21(25)23(28)26(16-14-17-9-4-3-5-10-17)22(24-19)18-11-6-7-13-20(18)27/h3-7,9-11,13,27H,2,8,12,14-16H2,1H3. The lowest BCUT2D eigenvalue weighted by Crippen LogP contribution is -2.38. The Hall–Kier alpha value is -3.08. The van der Waals surface area contributed by atoms with E-state index in [-0.39, 0.29) is 11.3 Å². The summed E-state index contributed by atoms with van der Waals surface area (Å²) in [5.41, 5.74) is 3.32. The molecule has 0 spiro atoms. The van der Waals surface area contributed by atoms with Gasteiger partial charge in [0, 0.05) is 19.6 Å². The Morgan fingerprint density at radius 3 is 2.57 bits per heavy atom. The van der Waals surface area contributed by atoms with Gasteiger partial charge in [0.25, 0.3) is 5.56 Å². The molecule has 0 unspecified atom stereocenters. The lowest BCUT2D eigenvalue weighted by atomic mass is 10.1. The number of phenolic OH excluding ortho intramolecular Hbond substituents is 1. The fourth-order valence-corrected chi connectivity index (χ4v) is 3.91. The smallest absolute Gasteiger partial charge is 0.277 e. The number of aromatic nitrogens is 2. The molecule has 0 radical (unpaired) electrons. The molecule has 1 aromatic heterocycles. The summed E-state index contributed by atoms with van der Waals surface area (Å²) in [6.45, 7) is 4.26. The summed E-state index contributed by atoms with van der Waals surface area (Å²) in [7, 11) is 0. The highest BCUT2D eigenvalue weighted by Crippen LogP contribution is 2.30. The zero-order valence-corrected chi connectivity index (χ0v) is 16.1. The monoisotopic (exact) mass is 375 g/mol. The maximum atomic E-state index is 13.5. The molecule has 0 bridgehead atoms. The molecule has 2 aromatic carbocycles. The minimum atomic E-state index is -0.0132. The zero-order chi connectivity index (χ0) is 19.5. The lowest BCUT2D eigenvalue weighted by molar-refractivity contribution is 0.475. The SMILES string of the molecule is CCN1CCCc2nc(-c3ccccc3O)n(CCc3ccccc3)c(=O)c21. The van der Waals surface area contributed by atoms with E-state index in [2.05, 4.69) is 24.0 Å². The molecule has 5 heteroatoms. The second-order valence-corrected chi connectivity index (χ2v) is 7.12. The summed E-state index contributed by atoms with van der Waals surface area (Å²) in [4.78, 5) is 20.5. The number of benzene rings is 2. The van der Waals surface area contributed by atoms with E-state index in [9.17, 15) is 9.90 Å². The van der Waals surface area contributed by atoms with Crippen LogP contribution in [0.2, 0.25) is 0 Å². The van der Waals surface area contributed by atoms with Crippen molar-refractivity contribution in [2.75, 3.05) is 18.0 Å². The number of hydrogen-bond donors (Lipinski definition) is 1. The number of anilines is 1. The summed E-state index contributed by atoms with van der Waals surface area (Å²) >= 11 is 0. The maximum absolute atomic E-state index is 13.5. The van der Waals surface area contributed by atoms with Gasteiger partial charge in [-0.15, -0.1) is 0 Å². The van der Waals surface area contributed by atoms with Crippen molar-refractivity contribution < 1.29 is 5.11 Å². The van der Waals surface area contributed by atoms with Gasteiger partial charge < -0.3 is 10.0 Å². The zero-order valence-electron chi connectivity index (χ0n) is 16.1. The van der Waals surface area contributed by atoms with Gasteiger partial charge in [0.05, 0.1) is 11.3 Å². The van der Waals surface area contributed by atoms with Crippen LogP contribution in [-0.2, 0) is 19.4 Å². The third kappa shape index (κ3) is 3.40. The van der Waals surface area contributed by atoms with Crippen molar-refractivity contribution in [2.24, 2.45) is 0 Å². The molecule has 0 amide bonds. The average molecular weight is 375 g/mol. The molecule has 0 saturated carbocycles. The van der Waals surface area contributed by atoms with Crippen LogP contribution in [0.5, 0.6) is 5.75 Å². The fraction of sp³-hybridized carbons (Fsp3) is 0.304. The lowest BCUT2D eigenvalue weighted by Gasteiger charge is -2.30. The van der Waals surface area contributed by atoms with Crippen LogP contribution in [0, 0.1) is 0 Å². The second-order valence-electron chi connectivity index (χ2n) is 7.12. The van der Waals surface area contributed by atoms with E-state index < -0.39 is 0 Å². The quantitative estimate of drug-likeness (QED) is 0.740. The number of phenols is 1. The highest BCUT2D eigenvalue weighted by molar-refractivity contribution is 5.66. The van der Waals surface area contributed by atoms with Gasteiger partial charge in [-0.3, -0.25) is 9.36 Å². The van der Waals surface area contributed by atoms with Crippen LogP contribution < -0.4 is 10.5 Å². The van der Waals surface area contributed by atoms with Crippen LogP contribution >= 0.6 is 0 Å². The van der Waals surface area contributed by atoms with E-state index in [0.717, 1.165) is 43.7 Å². The Labute approximate surface area is 164 Å². The molecule has 1 aliphatic rings. The number of hydrogen-bond acceptors (Lipinski definition) is 4. The summed E-state index contributed by atoms with van der Waals surface area (Å²) in [5.74, 6) is 0.696. The normalized spacial score (nSPS) is 13.4. The summed E-state index contributed by atoms with van der Waals surface area (Å²) in [6, 6.07) is 17.2. The van der Waals surface area contributed by atoms with Gasteiger partial charge in [-0.05, 0) is 43.9 Å². The van der Waals surface area contributed by atoms with Gasteiger partial charge in [0.2, 0.25) is 0 Å². The van der Waals surface area contributed by atoms with E-state index in [1.165, 1.54) is 5.56 Å². The summed E-state index contributed by atoms with van der Waals surface area (Å²) in [5, 5.41) is 10.4. The van der Waals surface area contributed by atoms with Crippen LogP contribution in [0.1, 0.15) is 24.6 Å². The Morgan fingerprint density at radius 2 is 1.82 bits per heavy atom. The second kappa shape index (κ2) is 7.89. The Bertz CT molecular complexity index is 1030. The molecule has 1 aliphatic heterocycles. The largest absolute Gasteiger partial charge is 0.507 e. The molecular formula is C23H25N3O2. The number of para-hydroxylation sites is 1. The summed E-state index contributed by atoms with van der Waals surface area (Å²) < 4.78 is 1.73. The van der Waals surface area contributed by atoms with Gasteiger partial charge in [-0.2, -0.15) is 0 Å². The predicted molar refractivity (Wildman–Crippen MR) is 112 cm³/mol. The van der Waals surface area contributed by atoms with Crippen molar-refractivity contribution >= 4 is 5.69 Å². The molecule has 4 rings (SSSR count). The number of rotatable bonds is 5. The molecule has 144 valence electrons. The van der Waals surface area contributed by atoms with Gasteiger partial charge in [0.15, 0.2) is 0 Å². The number of nitrogens with zero attached hydrogens (tertiary/aromatic N) is 3. The average Bonchev–Trinajstić information content (AvgIpc) is 2.73. The molecule has 0 saturated heterocycles.